The highest BCUT2D eigenvalue weighted by Gasteiger charge is 2.16. The highest BCUT2D eigenvalue weighted by molar-refractivity contribution is 6.45. The van der Waals surface area contributed by atoms with Crippen LogP contribution in [0.3, 0.4) is 0 Å². The van der Waals surface area contributed by atoms with E-state index in [1.54, 1.807) is 0 Å². The molecule has 0 bridgehead atoms. The lowest BCUT2D eigenvalue weighted by Crippen LogP contribution is -1.93. The summed E-state index contributed by atoms with van der Waals surface area (Å²) in [6.07, 6.45) is 1.14. The molecule has 0 saturated carbocycles. The van der Waals surface area contributed by atoms with Crippen LogP contribution < -0.4 is 0 Å². The minimum atomic E-state index is -1.20. The van der Waals surface area contributed by atoms with Crippen molar-refractivity contribution in [2.75, 3.05) is 0 Å². The van der Waals surface area contributed by atoms with Crippen LogP contribution in [-0.2, 0) is 0 Å². The van der Waals surface area contributed by atoms with Crippen molar-refractivity contribution in [3.8, 4) is 11.1 Å². The van der Waals surface area contributed by atoms with Crippen LogP contribution in [0.2, 0.25) is 15.1 Å². The number of aromatic nitrogens is 1. The number of hydrogen-bond donors (Lipinski definition) is 0. The zero-order valence-electron chi connectivity index (χ0n) is 8.15. The largest absolute Gasteiger partial charge is 0.249 e. The van der Waals surface area contributed by atoms with Gasteiger partial charge in [-0.1, -0.05) is 34.8 Å². The normalized spacial score (nSPS) is 10.6. The first-order chi connectivity index (χ1) is 8.00. The van der Waals surface area contributed by atoms with Crippen LogP contribution in [0.25, 0.3) is 11.1 Å². The van der Waals surface area contributed by atoms with E-state index in [-0.39, 0.29) is 26.2 Å². The van der Waals surface area contributed by atoms with Crippen molar-refractivity contribution >= 4 is 34.8 Å². The van der Waals surface area contributed by atoms with E-state index < -0.39 is 11.8 Å². The Labute approximate surface area is 111 Å². The summed E-state index contributed by atoms with van der Waals surface area (Å²) in [5.41, 5.74) is 0.190. The molecule has 6 heteroatoms. The first-order valence-electron chi connectivity index (χ1n) is 4.45. The summed E-state index contributed by atoms with van der Waals surface area (Å²) in [6.45, 7) is 0. The standard InChI is InChI=1S/C11H4Cl3F2N/c12-5-3-7(9(14)8(13)4-5)6-1-2-17-11(16)10(6)15/h1-4H. The van der Waals surface area contributed by atoms with Crippen LogP contribution in [0.15, 0.2) is 24.4 Å². The van der Waals surface area contributed by atoms with Gasteiger partial charge in [0.1, 0.15) is 0 Å². The first kappa shape index (κ1) is 12.6. The lowest BCUT2D eigenvalue weighted by atomic mass is 10.1. The molecule has 1 heterocycles. The fourth-order valence-electron chi connectivity index (χ4n) is 1.38. The summed E-state index contributed by atoms with van der Waals surface area (Å²) < 4.78 is 26.6. The predicted octanol–water partition coefficient (Wildman–Crippen LogP) is 4.99. The van der Waals surface area contributed by atoms with Gasteiger partial charge < -0.3 is 0 Å². The molecule has 88 valence electrons. The van der Waals surface area contributed by atoms with E-state index in [1.165, 1.54) is 18.2 Å². The average molecular weight is 295 g/mol. The van der Waals surface area contributed by atoms with Crippen molar-refractivity contribution in [2.45, 2.75) is 0 Å². The number of rotatable bonds is 1. The molecular formula is C11H4Cl3F2N. The molecule has 0 spiro atoms. The lowest BCUT2D eigenvalue weighted by molar-refractivity contribution is 0.482. The van der Waals surface area contributed by atoms with Gasteiger partial charge in [-0.2, -0.15) is 4.39 Å². The number of hydrogen-bond acceptors (Lipinski definition) is 1. The maximum atomic E-state index is 13.5. The Hall–Kier alpha value is -0.900. The average Bonchev–Trinajstić information content (AvgIpc) is 2.27. The first-order valence-corrected chi connectivity index (χ1v) is 5.59. The molecule has 0 fully saturated rings. The predicted molar refractivity (Wildman–Crippen MR) is 64.6 cm³/mol. The molecule has 1 nitrogen and oxygen atoms in total. The third kappa shape index (κ3) is 2.37. The van der Waals surface area contributed by atoms with Crippen molar-refractivity contribution in [3.63, 3.8) is 0 Å². The molecular weight excluding hydrogens is 290 g/mol. The fraction of sp³-hybridized carbons (Fsp3) is 0. The summed E-state index contributed by atoms with van der Waals surface area (Å²) in [5.74, 6) is -2.29. The summed E-state index contributed by atoms with van der Waals surface area (Å²) >= 11 is 17.5. The molecule has 0 aliphatic carbocycles. The summed E-state index contributed by atoms with van der Waals surface area (Å²) in [4.78, 5) is 3.19. The number of halogens is 5. The van der Waals surface area contributed by atoms with Gasteiger partial charge in [-0.3, -0.25) is 0 Å². The van der Waals surface area contributed by atoms with E-state index in [4.69, 9.17) is 34.8 Å². The van der Waals surface area contributed by atoms with Gasteiger partial charge in [-0.05, 0) is 18.2 Å². The van der Waals surface area contributed by atoms with Crippen LogP contribution in [-0.4, -0.2) is 4.98 Å². The number of pyridine rings is 1. The van der Waals surface area contributed by atoms with Gasteiger partial charge in [0.2, 0.25) is 5.95 Å². The number of nitrogens with zero attached hydrogens (tertiary/aromatic N) is 1. The molecule has 17 heavy (non-hydrogen) atoms. The molecule has 0 aliphatic heterocycles. The smallest absolute Gasteiger partial charge is 0.226 e. The molecule has 0 N–H and O–H groups in total. The Morgan fingerprint density at radius 3 is 2.41 bits per heavy atom. The van der Waals surface area contributed by atoms with Crippen molar-refractivity contribution in [3.05, 3.63) is 51.2 Å². The van der Waals surface area contributed by atoms with Crippen LogP contribution >= 0.6 is 34.8 Å². The van der Waals surface area contributed by atoms with E-state index in [0.29, 0.717) is 0 Å². The lowest BCUT2D eigenvalue weighted by Gasteiger charge is -2.08. The molecule has 0 aliphatic rings. The van der Waals surface area contributed by atoms with Gasteiger partial charge in [0, 0.05) is 22.3 Å². The summed E-state index contributed by atoms with van der Waals surface area (Å²) in [5, 5.41) is 0.567. The molecule has 0 amide bonds. The Bertz CT molecular complexity index is 587. The molecule has 0 radical (unpaired) electrons. The second kappa shape index (κ2) is 4.77. The van der Waals surface area contributed by atoms with Crippen molar-refractivity contribution < 1.29 is 8.78 Å². The quantitative estimate of drug-likeness (QED) is 0.533. The maximum absolute atomic E-state index is 13.5. The second-order valence-electron chi connectivity index (χ2n) is 3.21. The third-order valence-electron chi connectivity index (χ3n) is 2.13. The fourth-order valence-corrected chi connectivity index (χ4v) is 2.08. The van der Waals surface area contributed by atoms with E-state index in [9.17, 15) is 8.78 Å². The van der Waals surface area contributed by atoms with Crippen LogP contribution in [0.5, 0.6) is 0 Å². The van der Waals surface area contributed by atoms with E-state index in [1.807, 2.05) is 0 Å². The van der Waals surface area contributed by atoms with Crippen molar-refractivity contribution in [2.24, 2.45) is 0 Å². The van der Waals surface area contributed by atoms with Crippen molar-refractivity contribution in [1.29, 1.82) is 0 Å². The highest BCUT2D eigenvalue weighted by atomic mass is 35.5. The monoisotopic (exact) mass is 293 g/mol. The van der Waals surface area contributed by atoms with Gasteiger partial charge >= 0.3 is 0 Å². The third-order valence-corrected chi connectivity index (χ3v) is 3.15. The zero-order chi connectivity index (χ0) is 12.6. The number of benzene rings is 1. The van der Waals surface area contributed by atoms with Crippen LogP contribution in [0.4, 0.5) is 8.78 Å². The zero-order valence-corrected chi connectivity index (χ0v) is 10.4. The minimum Gasteiger partial charge on any atom is -0.226 e. The molecule has 2 rings (SSSR count). The van der Waals surface area contributed by atoms with E-state index in [2.05, 4.69) is 4.98 Å². The molecule has 1 aromatic heterocycles. The van der Waals surface area contributed by atoms with Gasteiger partial charge in [-0.15, -0.1) is 0 Å². The Kier molecular flexibility index (Phi) is 3.52. The van der Waals surface area contributed by atoms with Gasteiger partial charge in [0.25, 0.3) is 0 Å². The summed E-state index contributed by atoms with van der Waals surface area (Å²) in [7, 11) is 0. The molecule has 1 aromatic carbocycles. The van der Waals surface area contributed by atoms with E-state index in [0.717, 1.165) is 6.20 Å². The highest BCUT2D eigenvalue weighted by Crippen LogP contribution is 2.37. The molecule has 0 saturated heterocycles. The Balaban J connectivity index is 2.73. The van der Waals surface area contributed by atoms with Crippen molar-refractivity contribution in [1.82, 2.24) is 4.98 Å². The second-order valence-corrected chi connectivity index (χ2v) is 4.43. The SMILES string of the molecule is Fc1nccc(-c2cc(Cl)cc(Cl)c2Cl)c1F. The minimum absolute atomic E-state index is 0.0353. The Morgan fingerprint density at radius 2 is 1.71 bits per heavy atom. The molecule has 0 unspecified atom stereocenters. The maximum Gasteiger partial charge on any atom is 0.249 e. The van der Waals surface area contributed by atoms with Gasteiger partial charge in [0.05, 0.1) is 10.0 Å². The van der Waals surface area contributed by atoms with Crippen LogP contribution in [0, 0.1) is 11.8 Å². The van der Waals surface area contributed by atoms with E-state index >= 15 is 0 Å². The molecule has 0 atom stereocenters. The Morgan fingerprint density at radius 1 is 1.00 bits per heavy atom. The van der Waals surface area contributed by atoms with Gasteiger partial charge in [-0.25, -0.2) is 9.37 Å². The topological polar surface area (TPSA) is 12.9 Å². The molecule has 2 aromatic rings. The van der Waals surface area contributed by atoms with Crippen LogP contribution in [0.1, 0.15) is 0 Å². The summed E-state index contributed by atoms with van der Waals surface area (Å²) in [6, 6.07) is 4.13. The van der Waals surface area contributed by atoms with Gasteiger partial charge in [0.15, 0.2) is 5.82 Å².